The number of aryl methyl sites for hydroxylation is 2. The maximum Gasteiger partial charge on any atom is 0.274 e. The third-order valence-corrected chi connectivity index (χ3v) is 4.60. The molecule has 28 heavy (non-hydrogen) atoms. The zero-order valence-electron chi connectivity index (χ0n) is 15.5. The second-order valence-corrected chi connectivity index (χ2v) is 6.72. The van der Waals surface area contributed by atoms with Gasteiger partial charge in [0, 0.05) is 30.3 Å². The molecule has 0 saturated carbocycles. The van der Waals surface area contributed by atoms with Gasteiger partial charge < -0.3 is 5.32 Å². The fourth-order valence-electron chi connectivity index (χ4n) is 3.11. The smallest absolute Gasteiger partial charge is 0.274 e. The van der Waals surface area contributed by atoms with Crippen molar-refractivity contribution < 1.29 is 19.3 Å². The molecule has 144 valence electrons. The molecule has 0 radical (unpaired) electrons. The first kappa shape index (κ1) is 19.2. The van der Waals surface area contributed by atoms with Crippen LogP contribution in [0.4, 0.5) is 11.4 Å². The summed E-state index contributed by atoms with van der Waals surface area (Å²) < 4.78 is 0. The first-order chi connectivity index (χ1) is 13.3. The van der Waals surface area contributed by atoms with Crippen molar-refractivity contribution in [2.24, 2.45) is 0 Å². The summed E-state index contributed by atoms with van der Waals surface area (Å²) in [5.41, 5.74) is 2.43. The number of hydrogen-bond donors (Lipinski definition) is 1. The molecule has 0 aliphatic carbocycles. The number of rotatable bonds is 6. The number of nitro groups is 1. The minimum Gasteiger partial charge on any atom is -0.326 e. The third kappa shape index (κ3) is 3.75. The molecule has 2 aromatic rings. The highest BCUT2D eigenvalue weighted by atomic mass is 16.6. The number of carbonyl (C=O) groups is 3. The van der Waals surface area contributed by atoms with Crippen LogP contribution >= 0.6 is 0 Å². The van der Waals surface area contributed by atoms with Gasteiger partial charge in [-0.1, -0.05) is 17.7 Å². The zero-order valence-corrected chi connectivity index (χ0v) is 15.5. The molecule has 8 nitrogen and oxygen atoms in total. The van der Waals surface area contributed by atoms with Crippen molar-refractivity contribution in [3.8, 4) is 0 Å². The molecule has 3 amide bonds. The number of anilines is 1. The van der Waals surface area contributed by atoms with Crippen LogP contribution in [0.5, 0.6) is 0 Å². The second-order valence-electron chi connectivity index (χ2n) is 6.72. The Labute approximate surface area is 161 Å². The number of amides is 3. The largest absolute Gasteiger partial charge is 0.326 e. The van der Waals surface area contributed by atoms with Gasteiger partial charge in [-0.05, 0) is 38.5 Å². The summed E-state index contributed by atoms with van der Waals surface area (Å²) >= 11 is 0. The van der Waals surface area contributed by atoms with Gasteiger partial charge in [-0.3, -0.25) is 29.4 Å². The van der Waals surface area contributed by atoms with E-state index in [9.17, 15) is 24.5 Å². The van der Waals surface area contributed by atoms with Crippen molar-refractivity contribution in [1.29, 1.82) is 0 Å². The lowest BCUT2D eigenvalue weighted by molar-refractivity contribution is -0.385. The third-order valence-electron chi connectivity index (χ3n) is 4.60. The molecule has 1 N–H and O–H groups in total. The Hall–Kier alpha value is -3.55. The molecule has 0 spiro atoms. The zero-order chi connectivity index (χ0) is 20.4. The van der Waals surface area contributed by atoms with E-state index < -0.39 is 4.92 Å². The van der Waals surface area contributed by atoms with Crippen LogP contribution in [0.25, 0.3) is 0 Å². The van der Waals surface area contributed by atoms with E-state index in [0.29, 0.717) is 28.8 Å². The van der Waals surface area contributed by atoms with E-state index in [1.165, 1.54) is 6.07 Å². The summed E-state index contributed by atoms with van der Waals surface area (Å²) in [7, 11) is 0. The van der Waals surface area contributed by atoms with Gasteiger partial charge in [-0.15, -0.1) is 0 Å². The van der Waals surface area contributed by atoms with Crippen LogP contribution in [0, 0.1) is 24.0 Å². The number of nitrogens with one attached hydrogen (secondary N) is 1. The van der Waals surface area contributed by atoms with Crippen molar-refractivity contribution in [3.63, 3.8) is 0 Å². The quantitative estimate of drug-likeness (QED) is 0.469. The van der Waals surface area contributed by atoms with Crippen molar-refractivity contribution in [2.75, 3.05) is 11.9 Å². The molecule has 1 aliphatic rings. The predicted molar refractivity (Wildman–Crippen MR) is 102 cm³/mol. The summed E-state index contributed by atoms with van der Waals surface area (Å²) in [6.45, 7) is 3.60. The molecular weight excluding hydrogens is 362 g/mol. The van der Waals surface area contributed by atoms with Gasteiger partial charge in [0.05, 0.1) is 16.1 Å². The first-order valence-electron chi connectivity index (χ1n) is 8.79. The number of imide groups is 1. The summed E-state index contributed by atoms with van der Waals surface area (Å²) in [6.07, 6.45) is 0.373. The van der Waals surface area contributed by atoms with Crippen molar-refractivity contribution in [3.05, 3.63) is 68.8 Å². The van der Waals surface area contributed by atoms with Crippen LogP contribution in [0.2, 0.25) is 0 Å². The van der Waals surface area contributed by atoms with Crippen LogP contribution in [-0.4, -0.2) is 34.1 Å². The van der Waals surface area contributed by atoms with Gasteiger partial charge >= 0.3 is 0 Å². The van der Waals surface area contributed by atoms with Crippen LogP contribution in [-0.2, 0) is 4.79 Å². The molecule has 0 atom stereocenters. The Kier molecular flexibility index (Phi) is 5.21. The average molecular weight is 381 g/mol. The normalized spacial score (nSPS) is 12.9. The SMILES string of the molecule is Cc1ccc2c(c1)C(=O)N(CCCC(=O)Nc1ccc(C)c([N+](=O)[O-])c1)C2=O. The summed E-state index contributed by atoms with van der Waals surface area (Å²) in [5, 5.41) is 13.6. The summed E-state index contributed by atoms with van der Waals surface area (Å²) in [4.78, 5) is 48.5. The Morgan fingerprint density at radius 3 is 2.50 bits per heavy atom. The highest BCUT2D eigenvalue weighted by Gasteiger charge is 2.34. The van der Waals surface area contributed by atoms with Crippen LogP contribution in [0.15, 0.2) is 36.4 Å². The fraction of sp³-hybridized carbons (Fsp3) is 0.250. The van der Waals surface area contributed by atoms with Gasteiger partial charge in [0.1, 0.15) is 0 Å². The number of hydrogen-bond acceptors (Lipinski definition) is 5. The molecule has 2 aromatic carbocycles. The number of fused-ring (bicyclic) bond motifs is 1. The molecule has 1 aliphatic heterocycles. The van der Waals surface area contributed by atoms with E-state index in [2.05, 4.69) is 5.32 Å². The number of carbonyl (C=O) groups excluding carboxylic acids is 3. The number of benzene rings is 2. The fourth-order valence-corrected chi connectivity index (χ4v) is 3.11. The Morgan fingerprint density at radius 1 is 1.07 bits per heavy atom. The Balaban J connectivity index is 1.57. The van der Waals surface area contributed by atoms with Crippen LogP contribution < -0.4 is 5.32 Å². The average Bonchev–Trinajstić information content (AvgIpc) is 2.87. The molecule has 0 bridgehead atoms. The maximum absolute atomic E-state index is 12.4. The van der Waals surface area contributed by atoms with Gasteiger partial charge in [-0.2, -0.15) is 0 Å². The minimum atomic E-state index is -0.505. The van der Waals surface area contributed by atoms with Crippen molar-refractivity contribution in [1.82, 2.24) is 4.90 Å². The Morgan fingerprint density at radius 2 is 1.79 bits per heavy atom. The van der Waals surface area contributed by atoms with Gasteiger partial charge in [0.15, 0.2) is 0 Å². The molecule has 3 rings (SSSR count). The van der Waals surface area contributed by atoms with E-state index in [0.717, 1.165) is 10.5 Å². The predicted octanol–water partition coefficient (Wildman–Crippen LogP) is 3.23. The molecule has 0 saturated heterocycles. The Bertz CT molecular complexity index is 999. The lowest BCUT2D eigenvalue weighted by Crippen LogP contribution is -2.31. The first-order valence-corrected chi connectivity index (χ1v) is 8.79. The van der Waals surface area contributed by atoms with Crippen LogP contribution in [0.3, 0.4) is 0 Å². The van der Waals surface area contributed by atoms with E-state index in [1.807, 2.05) is 6.92 Å². The number of nitro benzene ring substituents is 1. The molecule has 0 fully saturated rings. The van der Waals surface area contributed by atoms with Gasteiger partial charge in [0.2, 0.25) is 5.91 Å². The standard InChI is InChI=1S/C20H19N3O5/c1-12-5-8-15-16(10-12)20(26)22(19(15)25)9-3-4-18(24)21-14-7-6-13(2)17(11-14)23(27)28/h5-8,10-11H,3-4,9H2,1-2H3,(H,21,24). The maximum atomic E-state index is 12.4. The minimum absolute atomic E-state index is 0.0703. The lowest BCUT2D eigenvalue weighted by atomic mass is 10.1. The van der Waals surface area contributed by atoms with Crippen molar-refractivity contribution in [2.45, 2.75) is 26.7 Å². The monoisotopic (exact) mass is 381 g/mol. The van der Waals surface area contributed by atoms with Crippen LogP contribution in [0.1, 0.15) is 44.7 Å². The molecule has 8 heteroatoms. The highest BCUT2D eigenvalue weighted by molar-refractivity contribution is 6.21. The van der Waals surface area contributed by atoms with Crippen molar-refractivity contribution >= 4 is 29.1 Å². The van der Waals surface area contributed by atoms with E-state index in [4.69, 9.17) is 0 Å². The molecule has 0 aromatic heterocycles. The lowest BCUT2D eigenvalue weighted by Gasteiger charge is -2.13. The second kappa shape index (κ2) is 7.59. The van der Waals surface area contributed by atoms with Gasteiger partial charge in [0.25, 0.3) is 17.5 Å². The molecular formula is C20H19N3O5. The van der Waals surface area contributed by atoms with Gasteiger partial charge in [-0.25, -0.2) is 0 Å². The molecule has 1 heterocycles. The summed E-state index contributed by atoms with van der Waals surface area (Å²) in [5.74, 6) is -1.04. The number of nitrogens with zero attached hydrogens (tertiary/aromatic N) is 2. The van der Waals surface area contributed by atoms with E-state index in [-0.39, 0.29) is 36.4 Å². The summed E-state index contributed by atoms with van der Waals surface area (Å²) in [6, 6.07) is 9.57. The van der Waals surface area contributed by atoms with E-state index in [1.54, 1.807) is 37.3 Å². The topological polar surface area (TPSA) is 110 Å². The van der Waals surface area contributed by atoms with E-state index >= 15 is 0 Å². The highest BCUT2D eigenvalue weighted by Crippen LogP contribution is 2.25. The molecule has 0 unspecified atom stereocenters.